The molecule has 0 saturated carbocycles. The van der Waals surface area contributed by atoms with E-state index in [1.807, 2.05) is 0 Å². The molecule has 96 valence electrons. The van der Waals surface area contributed by atoms with Gasteiger partial charge in [-0.15, -0.1) is 11.3 Å². The molecule has 1 aromatic heterocycles. The SMILES string of the molecule is NNC(c1sccc1Br)c1c(F)cc(F)cc1F. The van der Waals surface area contributed by atoms with Crippen LogP contribution in [0.3, 0.4) is 0 Å². The molecule has 1 atom stereocenters. The Balaban J connectivity index is 2.56. The first-order chi connectivity index (χ1) is 8.54. The third kappa shape index (κ3) is 2.44. The van der Waals surface area contributed by atoms with E-state index in [9.17, 15) is 13.2 Å². The van der Waals surface area contributed by atoms with E-state index in [0.717, 1.165) is 0 Å². The Morgan fingerprint density at radius 1 is 1.22 bits per heavy atom. The van der Waals surface area contributed by atoms with Crippen molar-refractivity contribution < 1.29 is 13.2 Å². The van der Waals surface area contributed by atoms with Crippen LogP contribution in [0.5, 0.6) is 0 Å². The van der Waals surface area contributed by atoms with Crippen molar-refractivity contribution in [2.24, 2.45) is 5.84 Å². The summed E-state index contributed by atoms with van der Waals surface area (Å²) in [6.45, 7) is 0. The van der Waals surface area contributed by atoms with Gasteiger partial charge >= 0.3 is 0 Å². The normalized spacial score (nSPS) is 12.7. The molecule has 0 aliphatic rings. The standard InChI is InChI=1S/C11H8BrF3N2S/c12-6-1-2-18-11(6)10(17-16)9-7(14)3-5(13)4-8(9)15/h1-4,10,17H,16H2. The molecule has 2 nitrogen and oxygen atoms in total. The van der Waals surface area contributed by atoms with Gasteiger partial charge in [0.05, 0.1) is 6.04 Å². The van der Waals surface area contributed by atoms with Crippen LogP contribution in [0.15, 0.2) is 28.1 Å². The average molecular weight is 337 g/mol. The minimum Gasteiger partial charge on any atom is -0.271 e. The van der Waals surface area contributed by atoms with Crippen LogP contribution < -0.4 is 11.3 Å². The van der Waals surface area contributed by atoms with Gasteiger partial charge in [0.25, 0.3) is 0 Å². The number of halogens is 4. The summed E-state index contributed by atoms with van der Waals surface area (Å²) < 4.78 is 40.9. The van der Waals surface area contributed by atoms with Gasteiger partial charge in [-0.05, 0) is 27.4 Å². The van der Waals surface area contributed by atoms with Crippen molar-refractivity contribution in [2.45, 2.75) is 6.04 Å². The molecule has 18 heavy (non-hydrogen) atoms. The van der Waals surface area contributed by atoms with Gasteiger partial charge in [-0.25, -0.2) is 18.6 Å². The van der Waals surface area contributed by atoms with Crippen molar-refractivity contribution >= 4 is 27.3 Å². The maximum atomic E-state index is 13.7. The predicted octanol–water partition coefficient (Wildman–Crippen LogP) is 3.48. The van der Waals surface area contributed by atoms with E-state index in [0.29, 0.717) is 21.5 Å². The lowest BCUT2D eigenvalue weighted by molar-refractivity contribution is 0.494. The molecule has 2 aromatic rings. The lowest BCUT2D eigenvalue weighted by Gasteiger charge is -2.17. The van der Waals surface area contributed by atoms with Crippen molar-refractivity contribution in [1.82, 2.24) is 5.43 Å². The molecule has 0 aliphatic carbocycles. The second kappa shape index (κ2) is 5.40. The van der Waals surface area contributed by atoms with Crippen molar-refractivity contribution in [3.05, 3.63) is 55.9 Å². The molecule has 1 heterocycles. The zero-order valence-corrected chi connectivity index (χ0v) is 11.3. The van der Waals surface area contributed by atoms with Crippen LogP contribution in [0.1, 0.15) is 16.5 Å². The van der Waals surface area contributed by atoms with Crippen LogP contribution >= 0.6 is 27.3 Å². The Bertz CT molecular complexity index is 550. The van der Waals surface area contributed by atoms with Crippen LogP contribution in [0.4, 0.5) is 13.2 Å². The quantitative estimate of drug-likeness (QED) is 0.665. The molecule has 0 bridgehead atoms. The summed E-state index contributed by atoms with van der Waals surface area (Å²) in [5, 5.41) is 1.75. The molecule has 0 amide bonds. The summed E-state index contributed by atoms with van der Waals surface area (Å²) in [6.07, 6.45) is 0. The fraction of sp³-hybridized carbons (Fsp3) is 0.0909. The van der Waals surface area contributed by atoms with Gasteiger partial charge in [0.2, 0.25) is 0 Å². The van der Waals surface area contributed by atoms with Crippen molar-refractivity contribution in [3.8, 4) is 0 Å². The molecule has 1 aromatic carbocycles. The van der Waals surface area contributed by atoms with Crippen LogP contribution in [-0.2, 0) is 0 Å². The topological polar surface area (TPSA) is 38.0 Å². The maximum Gasteiger partial charge on any atom is 0.134 e. The van der Waals surface area contributed by atoms with E-state index < -0.39 is 23.5 Å². The molecule has 3 N–H and O–H groups in total. The number of rotatable bonds is 3. The minimum absolute atomic E-state index is 0.304. The minimum atomic E-state index is -0.976. The van der Waals surface area contributed by atoms with Crippen LogP contribution in [-0.4, -0.2) is 0 Å². The van der Waals surface area contributed by atoms with Gasteiger partial charge in [-0.2, -0.15) is 0 Å². The third-order valence-corrected chi connectivity index (χ3v) is 4.34. The van der Waals surface area contributed by atoms with E-state index in [4.69, 9.17) is 5.84 Å². The second-order valence-electron chi connectivity index (χ2n) is 3.52. The maximum absolute atomic E-state index is 13.7. The van der Waals surface area contributed by atoms with Gasteiger partial charge < -0.3 is 0 Å². The van der Waals surface area contributed by atoms with Crippen molar-refractivity contribution in [1.29, 1.82) is 0 Å². The Morgan fingerprint density at radius 3 is 2.28 bits per heavy atom. The summed E-state index contributed by atoms with van der Waals surface area (Å²) in [5.74, 6) is 2.43. The number of hydrazine groups is 1. The van der Waals surface area contributed by atoms with E-state index >= 15 is 0 Å². The molecular formula is C11H8BrF3N2S. The highest BCUT2D eigenvalue weighted by Gasteiger charge is 2.24. The number of nitrogens with one attached hydrogen (secondary N) is 1. The zero-order chi connectivity index (χ0) is 13.3. The summed E-state index contributed by atoms with van der Waals surface area (Å²) >= 11 is 4.55. The molecule has 2 rings (SSSR count). The first-order valence-corrected chi connectivity index (χ1v) is 6.55. The first-order valence-electron chi connectivity index (χ1n) is 4.88. The number of hydrogen-bond donors (Lipinski definition) is 2. The number of thiophene rings is 1. The summed E-state index contributed by atoms with van der Waals surface area (Å²) in [5.41, 5.74) is 2.04. The summed E-state index contributed by atoms with van der Waals surface area (Å²) in [4.78, 5) is 0.613. The molecule has 1 unspecified atom stereocenters. The number of benzene rings is 1. The van der Waals surface area contributed by atoms with Crippen LogP contribution in [0.25, 0.3) is 0 Å². The van der Waals surface area contributed by atoms with Crippen LogP contribution in [0.2, 0.25) is 0 Å². The van der Waals surface area contributed by atoms with Crippen LogP contribution in [0, 0.1) is 17.5 Å². The average Bonchev–Trinajstić information content (AvgIpc) is 2.69. The third-order valence-electron chi connectivity index (χ3n) is 2.41. The fourth-order valence-corrected chi connectivity index (χ4v) is 3.30. The van der Waals surface area contributed by atoms with Gasteiger partial charge in [-0.1, -0.05) is 0 Å². The second-order valence-corrected chi connectivity index (χ2v) is 5.32. The van der Waals surface area contributed by atoms with E-state index in [-0.39, 0.29) is 5.56 Å². The van der Waals surface area contributed by atoms with Gasteiger partial charge in [0.15, 0.2) is 0 Å². The number of nitrogens with two attached hydrogens (primary N) is 1. The Morgan fingerprint density at radius 2 is 1.83 bits per heavy atom. The Hall–Kier alpha value is -0.890. The van der Waals surface area contributed by atoms with Gasteiger partial charge in [0.1, 0.15) is 17.5 Å². The molecule has 0 fully saturated rings. The molecule has 7 heteroatoms. The lowest BCUT2D eigenvalue weighted by Crippen LogP contribution is -2.30. The zero-order valence-electron chi connectivity index (χ0n) is 8.88. The lowest BCUT2D eigenvalue weighted by atomic mass is 10.0. The highest BCUT2D eigenvalue weighted by atomic mass is 79.9. The predicted molar refractivity (Wildman–Crippen MR) is 67.5 cm³/mol. The fourth-order valence-electron chi connectivity index (χ4n) is 1.63. The summed E-state index contributed by atoms with van der Waals surface area (Å²) in [7, 11) is 0. The van der Waals surface area contributed by atoms with E-state index in [1.165, 1.54) is 11.3 Å². The molecular weight excluding hydrogens is 329 g/mol. The Labute approximate surface area is 114 Å². The molecule has 0 radical (unpaired) electrons. The monoisotopic (exact) mass is 336 g/mol. The molecule has 0 spiro atoms. The Kier molecular flexibility index (Phi) is 4.06. The number of hydrogen-bond acceptors (Lipinski definition) is 3. The highest BCUT2D eigenvalue weighted by Crippen LogP contribution is 2.35. The first kappa shape index (κ1) is 13.5. The van der Waals surface area contributed by atoms with Gasteiger partial charge in [-0.3, -0.25) is 5.84 Å². The highest BCUT2D eigenvalue weighted by molar-refractivity contribution is 9.10. The van der Waals surface area contributed by atoms with E-state index in [1.54, 1.807) is 11.4 Å². The largest absolute Gasteiger partial charge is 0.271 e. The van der Waals surface area contributed by atoms with Crippen molar-refractivity contribution in [3.63, 3.8) is 0 Å². The molecule has 0 aliphatic heterocycles. The van der Waals surface area contributed by atoms with Crippen molar-refractivity contribution in [2.75, 3.05) is 0 Å². The smallest absolute Gasteiger partial charge is 0.134 e. The summed E-state index contributed by atoms with van der Waals surface area (Å²) in [6, 6.07) is 2.12. The van der Waals surface area contributed by atoms with Gasteiger partial charge in [0, 0.05) is 27.0 Å². The molecule has 0 saturated heterocycles. The van der Waals surface area contributed by atoms with E-state index in [2.05, 4.69) is 21.4 Å².